The zero-order valence-corrected chi connectivity index (χ0v) is 11.3. The molecule has 1 saturated heterocycles. The first-order chi connectivity index (χ1) is 8.63. The molecule has 0 aromatic heterocycles. The fourth-order valence-electron chi connectivity index (χ4n) is 3.50. The Kier molecular flexibility index (Phi) is 4.62. The van der Waals surface area contributed by atoms with E-state index >= 15 is 0 Å². The summed E-state index contributed by atoms with van der Waals surface area (Å²) in [5.74, 6) is 0.718. The van der Waals surface area contributed by atoms with Crippen LogP contribution in [0.3, 0.4) is 0 Å². The highest BCUT2D eigenvalue weighted by atomic mass is 16.3. The third kappa shape index (κ3) is 2.86. The monoisotopic (exact) mass is 254 g/mol. The number of carbonyl (C=O) groups excluding carboxylic acids is 1. The van der Waals surface area contributed by atoms with E-state index in [0.29, 0.717) is 5.92 Å². The van der Waals surface area contributed by atoms with Gasteiger partial charge < -0.3 is 15.7 Å². The fourth-order valence-corrected chi connectivity index (χ4v) is 3.50. The summed E-state index contributed by atoms with van der Waals surface area (Å²) in [6, 6.07) is 0.323. The number of hydrogen-bond acceptors (Lipinski definition) is 3. The first-order valence-electron chi connectivity index (χ1n) is 7.30. The third-order valence-electron chi connectivity index (χ3n) is 4.72. The number of rotatable bonds is 3. The summed E-state index contributed by atoms with van der Waals surface area (Å²) in [4.78, 5) is 14.4. The second-order valence-electron chi connectivity index (χ2n) is 5.99. The molecule has 1 saturated carbocycles. The van der Waals surface area contributed by atoms with Crippen LogP contribution in [-0.4, -0.2) is 41.1 Å². The summed E-state index contributed by atoms with van der Waals surface area (Å²) in [5, 5.41) is 9.31. The molecule has 0 aromatic rings. The Morgan fingerprint density at radius 3 is 2.83 bits per heavy atom. The predicted molar refractivity (Wildman–Crippen MR) is 70.9 cm³/mol. The van der Waals surface area contributed by atoms with E-state index in [-0.39, 0.29) is 30.5 Å². The van der Waals surface area contributed by atoms with Crippen LogP contribution in [-0.2, 0) is 4.79 Å². The molecular formula is C14H26N2O2. The van der Waals surface area contributed by atoms with E-state index in [2.05, 4.69) is 0 Å². The van der Waals surface area contributed by atoms with E-state index in [4.69, 9.17) is 5.73 Å². The highest BCUT2D eigenvalue weighted by Gasteiger charge is 2.35. The minimum atomic E-state index is 0.0530. The molecule has 2 aliphatic rings. The van der Waals surface area contributed by atoms with Crippen molar-refractivity contribution in [3.63, 3.8) is 0 Å². The molecule has 2 rings (SSSR count). The number of amides is 1. The summed E-state index contributed by atoms with van der Waals surface area (Å²) in [6.07, 6.45) is 6.31. The zero-order chi connectivity index (χ0) is 13.1. The predicted octanol–water partition coefficient (Wildman–Crippen LogP) is 1.12. The fraction of sp³-hybridized carbons (Fsp3) is 0.929. The first kappa shape index (κ1) is 13.8. The Morgan fingerprint density at radius 1 is 1.39 bits per heavy atom. The van der Waals surface area contributed by atoms with Crippen molar-refractivity contribution in [2.45, 2.75) is 57.5 Å². The van der Waals surface area contributed by atoms with E-state index in [1.165, 1.54) is 0 Å². The van der Waals surface area contributed by atoms with Crippen LogP contribution in [0.15, 0.2) is 0 Å². The average Bonchev–Trinajstić information content (AvgIpc) is 2.85. The van der Waals surface area contributed by atoms with Crippen LogP contribution in [0, 0.1) is 11.8 Å². The number of nitrogens with two attached hydrogens (primary N) is 1. The second-order valence-corrected chi connectivity index (χ2v) is 5.99. The maximum absolute atomic E-state index is 12.5. The van der Waals surface area contributed by atoms with Crippen molar-refractivity contribution >= 4 is 5.91 Å². The molecule has 3 N–H and O–H groups in total. The Labute approximate surface area is 110 Å². The van der Waals surface area contributed by atoms with E-state index in [1.54, 1.807) is 0 Å². The number of aliphatic hydroxyl groups excluding tert-OH is 1. The van der Waals surface area contributed by atoms with Crippen LogP contribution in [0.5, 0.6) is 0 Å². The standard InChI is InChI=1S/C14H26N2O2/c1-10(11-4-2-5-12(15)8-11)14(18)16-7-3-6-13(16)9-17/h10-13,17H,2-9,15H2,1H3. The molecule has 1 aliphatic heterocycles. The largest absolute Gasteiger partial charge is 0.394 e. The molecular weight excluding hydrogens is 228 g/mol. The summed E-state index contributed by atoms with van der Waals surface area (Å²) in [7, 11) is 0. The lowest BCUT2D eigenvalue weighted by molar-refractivity contribution is -0.138. The van der Waals surface area contributed by atoms with Crippen LogP contribution in [0.25, 0.3) is 0 Å². The molecule has 0 spiro atoms. The summed E-state index contributed by atoms with van der Waals surface area (Å²) in [5.41, 5.74) is 6.01. The van der Waals surface area contributed by atoms with Gasteiger partial charge in [0.25, 0.3) is 0 Å². The van der Waals surface area contributed by atoms with Crippen LogP contribution in [0.4, 0.5) is 0 Å². The lowest BCUT2D eigenvalue weighted by Gasteiger charge is -2.34. The smallest absolute Gasteiger partial charge is 0.226 e. The van der Waals surface area contributed by atoms with Crippen molar-refractivity contribution in [1.29, 1.82) is 0 Å². The summed E-state index contributed by atoms with van der Waals surface area (Å²) >= 11 is 0. The van der Waals surface area contributed by atoms with Crippen LogP contribution in [0.2, 0.25) is 0 Å². The van der Waals surface area contributed by atoms with Gasteiger partial charge in [0.05, 0.1) is 12.6 Å². The number of hydrogen-bond donors (Lipinski definition) is 2. The average molecular weight is 254 g/mol. The van der Waals surface area contributed by atoms with Gasteiger partial charge in [-0.25, -0.2) is 0 Å². The molecule has 0 aromatic carbocycles. The normalized spacial score (nSPS) is 34.6. The van der Waals surface area contributed by atoms with E-state index < -0.39 is 0 Å². The molecule has 104 valence electrons. The Hall–Kier alpha value is -0.610. The molecule has 1 amide bonds. The lowest BCUT2D eigenvalue weighted by Crippen LogP contribution is -2.44. The summed E-state index contributed by atoms with van der Waals surface area (Å²) < 4.78 is 0. The van der Waals surface area contributed by atoms with Crippen LogP contribution >= 0.6 is 0 Å². The van der Waals surface area contributed by atoms with Crippen LogP contribution in [0.1, 0.15) is 45.4 Å². The summed E-state index contributed by atoms with van der Waals surface area (Å²) in [6.45, 7) is 2.95. The minimum Gasteiger partial charge on any atom is -0.394 e. The second kappa shape index (κ2) is 6.02. The minimum absolute atomic E-state index is 0.0530. The Balaban J connectivity index is 1.95. The quantitative estimate of drug-likeness (QED) is 0.793. The topological polar surface area (TPSA) is 66.6 Å². The van der Waals surface area contributed by atoms with Crippen molar-refractivity contribution < 1.29 is 9.90 Å². The van der Waals surface area contributed by atoms with Crippen molar-refractivity contribution in [3.8, 4) is 0 Å². The van der Waals surface area contributed by atoms with Gasteiger partial charge in [0.1, 0.15) is 0 Å². The molecule has 0 bridgehead atoms. The number of nitrogens with zero attached hydrogens (tertiary/aromatic N) is 1. The number of likely N-dealkylation sites (tertiary alicyclic amines) is 1. The van der Waals surface area contributed by atoms with Gasteiger partial charge in [-0.2, -0.15) is 0 Å². The molecule has 4 heteroatoms. The molecule has 1 aliphatic carbocycles. The maximum Gasteiger partial charge on any atom is 0.226 e. The van der Waals surface area contributed by atoms with Gasteiger partial charge in [0, 0.05) is 18.5 Å². The zero-order valence-electron chi connectivity index (χ0n) is 11.3. The SMILES string of the molecule is CC(C(=O)N1CCCC1CO)C1CCCC(N)C1. The van der Waals surface area contributed by atoms with Crippen molar-refractivity contribution in [1.82, 2.24) is 4.90 Å². The lowest BCUT2D eigenvalue weighted by atomic mass is 9.78. The van der Waals surface area contributed by atoms with E-state index in [1.807, 2.05) is 11.8 Å². The number of carbonyl (C=O) groups is 1. The molecule has 4 unspecified atom stereocenters. The Morgan fingerprint density at radius 2 is 2.17 bits per heavy atom. The van der Waals surface area contributed by atoms with Crippen molar-refractivity contribution in [2.24, 2.45) is 17.6 Å². The van der Waals surface area contributed by atoms with Crippen molar-refractivity contribution in [2.75, 3.05) is 13.2 Å². The maximum atomic E-state index is 12.5. The molecule has 4 nitrogen and oxygen atoms in total. The highest BCUT2D eigenvalue weighted by molar-refractivity contribution is 5.79. The highest BCUT2D eigenvalue weighted by Crippen LogP contribution is 2.32. The third-order valence-corrected chi connectivity index (χ3v) is 4.72. The molecule has 1 heterocycles. The first-order valence-corrected chi connectivity index (χ1v) is 7.30. The number of aliphatic hydroxyl groups is 1. The molecule has 2 fully saturated rings. The van der Waals surface area contributed by atoms with Crippen LogP contribution < -0.4 is 5.73 Å². The van der Waals surface area contributed by atoms with Gasteiger partial charge in [-0.3, -0.25) is 4.79 Å². The molecule has 4 atom stereocenters. The van der Waals surface area contributed by atoms with Gasteiger partial charge in [0.15, 0.2) is 0 Å². The molecule has 18 heavy (non-hydrogen) atoms. The van der Waals surface area contributed by atoms with Gasteiger partial charge >= 0.3 is 0 Å². The van der Waals surface area contributed by atoms with E-state index in [0.717, 1.165) is 45.1 Å². The van der Waals surface area contributed by atoms with Gasteiger partial charge in [-0.05, 0) is 38.0 Å². The van der Waals surface area contributed by atoms with Gasteiger partial charge in [-0.1, -0.05) is 13.3 Å². The van der Waals surface area contributed by atoms with E-state index in [9.17, 15) is 9.90 Å². The Bertz CT molecular complexity index is 296. The molecule has 0 radical (unpaired) electrons. The van der Waals surface area contributed by atoms with Gasteiger partial charge in [0.2, 0.25) is 5.91 Å². The van der Waals surface area contributed by atoms with Crippen molar-refractivity contribution in [3.05, 3.63) is 0 Å². The van der Waals surface area contributed by atoms with Gasteiger partial charge in [-0.15, -0.1) is 0 Å².